The van der Waals surface area contributed by atoms with E-state index < -0.39 is 15.7 Å². The highest BCUT2D eigenvalue weighted by atomic mass is 32.2. The van der Waals surface area contributed by atoms with Gasteiger partial charge in [0.2, 0.25) is 5.91 Å². The van der Waals surface area contributed by atoms with Crippen molar-refractivity contribution in [2.24, 2.45) is 0 Å². The number of rotatable bonds is 5. The number of carbonyl (C=O) groups excluding carboxylic acids is 1. The van der Waals surface area contributed by atoms with Gasteiger partial charge in [0, 0.05) is 18.4 Å². The SMILES string of the molecule is O=C(CCS(=O)(=O)c1ccc(F)cc1)N[C@H]1CCOc2ccccc21. The van der Waals surface area contributed by atoms with Gasteiger partial charge in [0.15, 0.2) is 9.84 Å². The standard InChI is InChI=1S/C18H18FNO4S/c19-13-5-7-14(8-6-13)25(22,23)12-10-18(21)20-16-9-11-24-17-4-2-1-3-15(16)17/h1-8,16H,9-12H2,(H,20,21)/t16-/m0/s1. The maximum atomic E-state index is 12.9. The van der Waals surface area contributed by atoms with Crippen molar-refractivity contribution in [1.29, 1.82) is 0 Å². The Morgan fingerprint density at radius 2 is 1.88 bits per heavy atom. The number of benzene rings is 2. The van der Waals surface area contributed by atoms with Gasteiger partial charge < -0.3 is 10.1 Å². The maximum absolute atomic E-state index is 12.9. The number of hydrogen-bond acceptors (Lipinski definition) is 4. The molecule has 1 atom stereocenters. The Labute approximate surface area is 145 Å². The molecule has 1 aliphatic rings. The van der Waals surface area contributed by atoms with Crippen molar-refractivity contribution in [3.63, 3.8) is 0 Å². The van der Waals surface area contributed by atoms with Crippen molar-refractivity contribution in [1.82, 2.24) is 5.32 Å². The summed E-state index contributed by atoms with van der Waals surface area (Å²) in [7, 11) is -3.63. The predicted octanol–water partition coefficient (Wildman–Crippen LogP) is 2.63. The van der Waals surface area contributed by atoms with Crippen LogP contribution in [0.3, 0.4) is 0 Å². The highest BCUT2D eigenvalue weighted by molar-refractivity contribution is 7.91. The molecule has 1 heterocycles. The number of halogens is 1. The van der Waals surface area contributed by atoms with E-state index in [1.54, 1.807) is 0 Å². The number of nitrogens with one attached hydrogen (secondary N) is 1. The van der Waals surface area contributed by atoms with E-state index in [9.17, 15) is 17.6 Å². The van der Waals surface area contributed by atoms with Crippen LogP contribution in [0, 0.1) is 5.82 Å². The number of fused-ring (bicyclic) bond motifs is 1. The van der Waals surface area contributed by atoms with Crippen LogP contribution < -0.4 is 10.1 Å². The van der Waals surface area contributed by atoms with Crippen molar-refractivity contribution in [3.05, 3.63) is 59.9 Å². The van der Waals surface area contributed by atoms with E-state index in [1.807, 2.05) is 24.3 Å². The first-order chi connectivity index (χ1) is 12.0. The summed E-state index contributed by atoms with van der Waals surface area (Å²) in [5.74, 6) is -0.435. The number of ether oxygens (including phenoxy) is 1. The molecule has 0 spiro atoms. The molecule has 0 aliphatic carbocycles. The maximum Gasteiger partial charge on any atom is 0.221 e. The summed E-state index contributed by atoms with van der Waals surface area (Å²) < 4.78 is 42.9. The summed E-state index contributed by atoms with van der Waals surface area (Å²) in [5, 5.41) is 2.86. The van der Waals surface area contributed by atoms with Gasteiger partial charge in [0.25, 0.3) is 0 Å². The topological polar surface area (TPSA) is 72.5 Å². The fourth-order valence-corrected chi connectivity index (χ4v) is 3.99. The summed E-state index contributed by atoms with van der Waals surface area (Å²) in [6.45, 7) is 0.496. The highest BCUT2D eigenvalue weighted by Crippen LogP contribution is 2.31. The predicted molar refractivity (Wildman–Crippen MR) is 90.5 cm³/mol. The number of carbonyl (C=O) groups is 1. The summed E-state index contributed by atoms with van der Waals surface area (Å²) in [4.78, 5) is 12.2. The van der Waals surface area contributed by atoms with Gasteiger partial charge in [-0.05, 0) is 30.3 Å². The first-order valence-corrected chi connectivity index (χ1v) is 9.60. The third-order valence-electron chi connectivity index (χ3n) is 4.06. The zero-order valence-electron chi connectivity index (χ0n) is 13.4. The van der Waals surface area contributed by atoms with Crippen LogP contribution in [0.2, 0.25) is 0 Å². The third kappa shape index (κ3) is 4.17. The first kappa shape index (κ1) is 17.4. The van der Waals surface area contributed by atoms with E-state index in [0.29, 0.717) is 13.0 Å². The third-order valence-corrected chi connectivity index (χ3v) is 5.80. The van der Waals surface area contributed by atoms with Crippen molar-refractivity contribution >= 4 is 15.7 Å². The van der Waals surface area contributed by atoms with Crippen LogP contribution >= 0.6 is 0 Å². The molecule has 5 nitrogen and oxygen atoms in total. The van der Waals surface area contributed by atoms with Gasteiger partial charge in [-0.3, -0.25) is 4.79 Å². The Hall–Kier alpha value is -2.41. The fraction of sp³-hybridized carbons (Fsp3) is 0.278. The molecule has 1 aliphatic heterocycles. The molecule has 25 heavy (non-hydrogen) atoms. The highest BCUT2D eigenvalue weighted by Gasteiger charge is 2.23. The number of sulfone groups is 1. The Bertz CT molecular complexity index is 865. The summed E-state index contributed by atoms with van der Waals surface area (Å²) >= 11 is 0. The van der Waals surface area contributed by atoms with E-state index in [1.165, 1.54) is 12.1 Å². The minimum absolute atomic E-state index is 0.0121. The van der Waals surface area contributed by atoms with Crippen molar-refractivity contribution in [2.75, 3.05) is 12.4 Å². The van der Waals surface area contributed by atoms with Gasteiger partial charge >= 0.3 is 0 Å². The Kier molecular flexibility index (Phi) is 5.03. The first-order valence-electron chi connectivity index (χ1n) is 7.95. The summed E-state index contributed by atoms with van der Waals surface area (Å²) in [6, 6.07) is 11.9. The lowest BCUT2D eigenvalue weighted by molar-refractivity contribution is -0.121. The molecule has 3 rings (SSSR count). The van der Waals surface area contributed by atoms with E-state index in [0.717, 1.165) is 23.4 Å². The number of para-hydroxylation sites is 1. The smallest absolute Gasteiger partial charge is 0.221 e. The van der Waals surface area contributed by atoms with Crippen LogP contribution in [0.5, 0.6) is 5.75 Å². The average Bonchev–Trinajstić information content (AvgIpc) is 2.61. The van der Waals surface area contributed by atoms with Crippen molar-refractivity contribution < 1.29 is 22.3 Å². The molecule has 0 aromatic heterocycles. The van der Waals surface area contributed by atoms with Gasteiger partial charge in [0.05, 0.1) is 23.3 Å². The van der Waals surface area contributed by atoms with Crippen LogP contribution in [0.4, 0.5) is 4.39 Å². The summed E-state index contributed by atoms with van der Waals surface area (Å²) in [5.41, 5.74) is 0.892. The molecule has 0 bridgehead atoms. The minimum Gasteiger partial charge on any atom is -0.493 e. The van der Waals surface area contributed by atoms with Gasteiger partial charge in [-0.1, -0.05) is 18.2 Å². The van der Waals surface area contributed by atoms with E-state index >= 15 is 0 Å². The lowest BCUT2D eigenvalue weighted by Gasteiger charge is -2.26. The largest absolute Gasteiger partial charge is 0.493 e. The molecule has 0 unspecified atom stereocenters. The Morgan fingerprint density at radius 1 is 1.16 bits per heavy atom. The molecule has 1 N–H and O–H groups in total. The molecular weight excluding hydrogens is 345 g/mol. The lowest BCUT2D eigenvalue weighted by atomic mass is 10.0. The molecule has 2 aromatic rings. The molecule has 0 radical (unpaired) electrons. The van der Waals surface area contributed by atoms with Gasteiger partial charge in [-0.25, -0.2) is 12.8 Å². The number of amides is 1. The lowest BCUT2D eigenvalue weighted by Crippen LogP contribution is -2.33. The van der Waals surface area contributed by atoms with Gasteiger partial charge in [-0.15, -0.1) is 0 Å². The molecule has 7 heteroatoms. The van der Waals surface area contributed by atoms with E-state index in [-0.39, 0.29) is 29.0 Å². The monoisotopic (exact) mass is 363 g/mol. The van der Waals surface area contributed by atoms with Crippen molar-refractivity contribution in [2.45, 2.75) is 23.8 Å². The second-order valence-electron chi connectivity index (χ2n) is 5.82. The average molecular weight is 363 g/mol. The Morgan fingerprint density at radius 3 is 2.64 bits per heavy atom. The Balaban J connectivity index is 1.61. The van der Waals surface area contributed by atoms with Crippen LogP contribution in [-0.2, 0) is 14.6 Å². The molecule has 0 fully saturated rings. The molecule has 132 valence electrons. The molecule has 1 amide bonds. The minimum atomic E-state index is -3.63. The molecular formula is C18H18FNO4S. The number of hydrogen-bond donors (Lipinski definition) is 1. The zero-order chi connectivity index (χ0) is 17.9. The molecule has 0 saturated heterocycles. The van der Waals surface area contributed by atoms with Crippen molar-refractivity contribution in [3.8, 4) is 5.75 Å². The van der Waals surface area contributed by atoms with Gasteiger partial charge in [-0.2, -0.15) is 0 Å². The normalized spacial score (nSPS) is 16.6. The molecule has 0 saturated carbocycles. The van der Waals surface area contributed by atoms with Crippen LogP contribution in [0.1, 0.15) is 24.4 Å². The van der Waals surface area contributed by atoms with Crippen LogP contribution in [0.25, 0.3) is 0 Å². The van der Waals surface area contributed by atoms with Crippen LogP contribution in [-0.4, -0.2) is 26.7 Å². The second-order valence-corrected chi connectivity index (χ2v) is 7.93. The second kappa shape index (κ2) is 7.23. The quantitative estimate of drug-likeness (QED) is 0.829. The summed E-state index contributed by atoms with van der Waals surface area (Å²) in [6.07, 6.45) is 0.479. The van der Waals surface area contributed by atoms with Gasteiger partial charge in [0.1, 0.15) is 11.6 Å². The zero-order valence-corrected chi connectivity index (χ0v) is 14.3. The van der Waals surface area contributed by atoms with E-state index in [4.69, 9.17) is 4.74 Å². The molecule has 2 aromatic carbocycles. The van der Waals surface area contributed by atoms with E-state index in [2.05, 4.69) is 5.32 Å². The van der Waals surface area contributed by atoms with Crippen LogP contribution in [0.15, 0.2) is 53.4 Å². The fourth-order valence-electron chi connectivity index (χ4n) is 2.75.